The summed E-state index contributed by atoms with van der Waals surface area (Å²) >= 11 is 0. The molecule has 0 atom stereocenters. The van der Waals surface area contributed by atoms with Crippen molar-refractivity contribution in [1.29, 1.82) is 0 Å². The predicted molar refractivity (Wildman–Crippen MR) is 30.3 cm³/mol. The van der Waals surface area contributed by atoms with Crippen LogP contribution in [0.5, 0.6) is 5.95 Å². The summed E-state index contributed by atoms with van der Waals surface area (Å²) in [5, 5.41) is 0. The number of rotatable bonds is 3. The molecular weight excluding hydrogens is 120 g/mol. The Morgan fingerprint density at radius 3 is 3.22 bits per heavy atom. The van der Waals surface area contributed by atoms with E-state index in [1.54, 1.807) is 12.1 Å². The van der Waals surface area contributed by atoms with E-state index in [9.17, 15) is 4.79 Å². The summed E-state index contributed by atoms with van der Waals surface area (Å²) in [7, 11) is 0. The largest absolute Gasteiger partial charge is 0.457 e. The first-order valence-corrected chi connectivity index (χ1v) is 2.53. The Morgan fingerprint density at radius 1 is 1.78 bits per heavy atom. The molecule has 0 saturated carbocycles. The van der Waals surface area contributed by atoms with Crippen LogP contribution in [0.25, 0.3) is 0 Å². The third-order valence-electron chi connectivity index (χ3n) is 0.789. The van der Waals surface area contributed by atoms with Crippen molar-refractivity contribution >= 4 is 6.29 Å². The number of carbonyl (C=O) groups is 1. The Morgan fingerprint density at radius 2 is 2.67 bits per heavy atom. The van der Waals surface area contributed by atoms with Gasteiger partial charge in [-0.25, -0.2) is 0 Å². The molecule has 0 aliphatic rings. The fourth-order valence-corrected chi connectivity index (χ4v) is 0.462. The Hall–Kier alpha value is -1.25. The molecule has 1 rings (SSSR count). The minimum Gasteiger partial charge on any atom is -0.457 e. The van der Waals surface area contributed by atoms with Gasteiger partial charge < -0.3 is 9.15 Å². The quantitative estimate of drug-likeness (QED) is 0.564. The third-order valence-corrected chi connectivity index (χ3v) is 0.789. The number of aldehydes is 1. The molecule has 0 radical (unpaired) electrons. The van der Waals surface area contributed by atoms with Gasteiger partial charge in [0.1, 0.15) is 6.61 Å². The molecule has 48 valence electrons. The second-order valence-corrected chi connectivity index (χ2v) is 1.41. The van der Waals surface area contributed by atoms with Crippen LogP contribution in [0.2, 0.25) is 0 Å². The smallest absolute Gasteiger partial charge is 0.284 e. The zero-order valence-corrected chi connectivity index (χ0v) is 4.74. The van der Waals surface area contributed by atoms with Gasteiger partial charge in [0.15, 0.2) is 6.29 Å². The molecule has 1 aromatic heterocycles. The van der Waals surface area contributed by atoms with Crippen LogP contribution in [0.15, 0.2) is 22.8 Å². The van der Waals surface area contributed by atoms with Crippen LogP contribution in [-0.4, -0.2) is 12.9 Å². The van der Waals surface area contributed by atoms with E-state index < -0.39 is 0 Å². The first-order valence-electron chi connectivity index (χ1n) is 2.53. The van der Waals surface area contributed by atoms with Crippen LogP contribution in [0.1, 0.15) is 0 Å². The normalized spacial score (nSPS) is 8.89. The topological polar surface area (TPSA) is 39.4 Å². The SMILES string of the molecule is O=CCOc1ccco1. The highest BCUT2D eigenvalue weighted by atomic mass is 16.6. The minimum atomic E-state index is 0.0491. The predicted octanol–water partition coefficient (Wildman–Crippen LogP) is 0.857. The zero-order chi connectivity index (χ0) is 6.53. The van der Waals surface area contributed by atoms with Crippen LogP contribution in [-0.2, 0) is 4.79 Å². The van der Waals surface area contributed by atoms with E-state index in [1.807, 2.05) is 0 Å². The second-order valence-electron chi connectivity index (χ2n) is 1.41. The fourth-order valence-electron chi connectivity index (χ4n) is 0.462. The maximum atomic E-state index is 9.73. The molecule has 0 unspecified atom stereocenters. The highest BCUT2D eigenvalue weighted by Gasteiger charge is 1.90. The first-order chi connectivity index (χ1) is 4.43. The van der Waals surface area contributed by atoms with Crippen molar-refractivity contribution in [1.82, 2.24) is 0 Å². The lowest BCUT2D eigenvalue weighted by atomic mass is 10.6. The van der Waals surface area contributed by atoms with Crippen molar-refractivity contribution in [3.63, 3.8) is 0 Å². The molecule has 9 heavy (non-hydrogen) atoms. The average molecular weight is 126 g/mol. The molecule has 3 nitrogen and oxygen atoms in total. The number of ether oxygens (including phenoxy) is 1. The second kappa shape index (κ2) is 2.91. The van der Waals surface area contributed by atoms with E-state index in [1.165, 1.54) is 6.26 Å². The van der Waals surface area contributed by atoms with E-state index in [2.05, 4.69) is 0 Å². The summed E-state index contributed by atoms with van der Waals surface area (Å²) < 4.78 is 9.51. The van der Waals surface area contributed by atoms with Crippen molar-refractivity contribution in [3.8, 4) is 5.95 Å². The Bertz CT molecular complexity index is 166. The molecule has 0 aliphatic heterocycles. The lowest BCUT2D eigenvalue weighted by Gasteiger charge is -1.91. The number of furan rings is 1. The monoisotopic (exact) mass is 126 g/mol. The first kappa shape index (κ1) is 5.88. The summed E-state index contributed by atoms with van der Waals surface area (Å²) in [5.41, 5.74) is 0. The number of hydrogen-bond acceptors (Lipinski definition) is 3. The molecule has 0 amide bonds. The van der Waals surface area contributed by atoms with Crippen molar-refractivity contribution in [2.75, 3.05) is 6.61 Å². The van der Waals surface area contributed by atoms with Gasteiger partial charge in [0.05, 0.1) is 6.26 Å². The van der Waals surface area contributed by atoms with Crippen LogP contribution in [0.3, 0.4) is 0 Å². The molecule has 1 heterocycles. The Kier molecular flexibility index (Phi) is 1.90. The standard InChI is InChI=1S/C6H6O3/c7-3-5-9-6-2-1-4-8-6/h1-4H,5H2. The lowest BCUT2D eigenvalue weighted by Crippen LogP contribution is -1.95. The van der Waals surface area contributed by atoms with E-state index in [0.29, 0.717) is 12.2 Å². The van der Waals surface area contributed by atoms with Gasteiger partial charge >= 0.3 is 0 Å². The lowest BCUT2D eigenvalue weighted by molar-refractivity contribution is -0.109. The van der Waals surface area contributed by atoms with Gasteiger partial charge in [-0.2, -0.15) is 0 Å². The van der Waals surface area contributed by atoms with Crippen LogP contribution in [0.4, 0.5) is 0 Å². The molecule has 3 heteroatoms. The molecule has 0 bridgehead atoms. The third kappa shape index (κ3) is 1.60. The Labute approximate surface area is 52.2 Å². The summed E-state index contributed by atoms with van der Waals surface area (Å²) in [6.07, 6.45) is 2.16. The molecule has 0 saturated heterocycles. The summed E-state index contributed by atoms with van der Waals surface area (Å²) in [4.78, 5) is 9.73. The van der Waals surface area contributed by atoms with Gasteiger partial charge in [0, 0.05) is 6.07 Å². The van der Waals surface area contributed by atoms with Crippen LogP contribution < -0.4 is 4.74 Å². The van der Waals surface area contributed by atoms with Crippen LogP contribution >= 0.6 is 0 Å². The van der Waals surface area contributed by atoms with Crippen LogP contribution in [0, 0.1) is 0 Å². The van der Waals surface area contributed by atoms with Gasteiger partial charge in [-0.1, -0.05) is 0 Å². The maximum absolute atomic E-state index is 9.73. The highest BCUT2D eigenvalue weighted by Crippen LogP contribution is 2.08. The molecule has 0 fully saturated rings. The van der Waals surface area contributed by atoms with Gasteiger partial charge in [-0.05, 0) is 6.07 Å². The van der Waals surface area contributed by atoms with E-state index in [0.717, 1.165) is 0 Å². The molecular formula is C6H6O3. The maximum Gasteiger partial charge on any atom is 0.284 e. The van der Waals surface area contributed by atoms with E-state index >= 15 is 0 Å². The van der Waals surface area contributed by atoms with Crippen molar-refractivity contribution in [3.05, 3.63) is 18.4 Å². The molecule has 0 aliphatic carbocycles. The van der Waals surface area contributed by atoms with Gasteiger partial charge in [-0.3, -0.25) is 4.79 Å². The van der Waals surface area contributed by atoms with Gasteiger partial charge in [-0.15, -0.1) is 0 Å². The fraction of sp³-hybridized carbons (Fsp3) is 0.167. The molecule has 0 N–H and O–H groups in total. The summed E-state index contributed by atoms with van der Waals surface area (Å²) in [6, 6.07) is 3.34. The molecule has 0 aromatic carbocycles. The van der Waals surface area contributed by atoms with Gasteiger partial charge in [0.2, 0.25) is 0 Å². The van der Waals surface area contributed by atoms with Crippen molar-refractivity contribution < 1.29 is 13.9 Å². The van der Waals surface area contributed by atoms with E-state index in [4.69, 9.17) is 9.15 Å². The summed E-state index contributed by atoms with van der Waals surface area (Å²) in [6.45, 7) is 0.0491. The van der Waals surface area contributed by atoms with Crippen molar-refractivity contribution in [2.45, 2.75) is 0 Å². The van der Waals surface area contributed by atoms with Gasteiger partial charge in [0.25, 0.3) is 5.95 Å². The number of hydrogen-bond donors (Lipinski definition) is 0. The molecule has 1 aromatic rings. The average Bonchev–Trinajstić information content (AvgIpc) is 2.34. The zero-order valence-electron chi connectivity index (χ0n) is 4.74. The van der Waals surface area contributed by atoms with E-state index in [-0.39, 0.29) is 6.61 Å². The van der Waals surface area contributed by atoms with Crippen molar-refractivity contribution in [2.24, 2.45) is 0 Å². The summed E-state index contributed by atoms with van der Waals surface area (Å²) in [5.74, 6) is 0.377. The Balaban J connectivity index is 2.38. The minimum absolute atomic E-state index is 0.0491. The number of carbonyl (C=O) groups excluding carboxylic acids is 1. The highest BCUT2D eigenvalue weighted by molar-refractivity contribution is 5.51. The molecule has 0 spiro atoms.